The van der Waals surface area contributed by atoms with Crippen LogP contribution in [-0.2, 0) is 16.1 Å². The molecule has 9 heteroatoms. The van der Waals surface area contributed by atoms with Gasteiger partial charge in [-0.3, -0.25) is 0 Å². The minimum Gasteiger partial charge on any atom is -0.431 e. The second-order valence-electron chi connectivity index (χ2n) is 15.9. The molecule has 4 atom stereocenters. The van der Waals surface area contributed by atoms with E-state index in [9.17, 15) is 9.90 Å². The molecule has 1 aliphatic heterocycles. The number of aliphatic hydroxyl groups excluding tert-OH is 1. The molecule has 8 nitrogen and oxygen atoms in total. The van der Waals surface area contributed by atoms with Crippen molar-refractivity contribution in [1.29, 1.82) is 0 Å². The number of urea groups is 1. The molecule has 5 fully saturated rings. The minimum absolute atomic E-state index is 0.0000889. The van der Waals surface area contributed by atoms with E-state index in [0.717, 1.165) is 82.0 Å². The fraction of sp³-hybridized carbons (Fsp3) is 0.378. The second-order valence-corrected chi connectivity index (χ2v) is 16.9. The normalized spacial score (nSPS) is 28.5. The molecule has 4 aliphatic carbocycles. The van der Waals surface area contributed by atoms with Gasteiger partial charge in [0.05, 0.1) is 18.8 Å². The van der Waals surface area contributed by atoms with Crippen LogP contribution in [0.5, 0.6) is 0 Å². The summed E-state index contributed by atoms with van der Waals surface area (Å²) in [5, 5.41) is 16.8. The van der Waals surface area contributed by atoms with E-state index in [1.165, 1.54) is 19.3 Å². The fourth-order valence-electron chi connectivity index (χ4n) is 9.79. The number of carbonyl (C=O) groups excluding carboxylic acids is 1. The Bertz CT molecular complexity index is 1960. The number of nitrogens with one attached hydrogen (secondary N) is 2. The van der Waals surface area contributed by atoms with Crippen LogP contribution in [0.15, 0.2) is 119 Å². The SMILES string of the molecule is C[C@@H]1[C@H](CSc2nc(-c3ccccc3)c(-c3ccccc3)o2)O[C@H](c2ccc(NC(=O)NC34CC5CC(CC(C5)C3)C4)cc2)O[C@@H]1c1ccc(CO)cc1. The standard InChI is InChI=1S/C45H47N3O5S/c1-28-38(27-54-44-47-39(33-8-4-2-5-9-33)41(53-44)34-10-6-3-7-11-34)51-42(52-40(28)35-14-12-29(26-49)13-15-35)36-16-18-37(19-17-36)46-43(50)48-45-23-30-20-31(24-45)22-32(21-30)25-45/h2-19,28,30-32,38,40,42,49H,20-27H2,1H3,(H2,46,48,50)/t28-,30?,31?,32?,38+,40+,42+,45?/m1/s1. The molecular weight excluding hydrogens is 695 g/mol. The van der Waals surface area contributed by atoms with Crippen molar-refractivity contribution >= 4 is 23.5 Å². The molecule has 1 saturated heterocycles. The summed E-state index contributed by atoms with van der Waals surface area (Å²) in [6, 6.07) is 35.8. The molecule has 278 valence electrons. The zero-order chi connectivity index (χ0) is 36.6. The number of benzene rings is 4. The van der Waals surface area contributed by atoms with Gasteiger partial charge in [0.2, 0.25) is 0 Å². The number of nitrogens with zero attached hydrogens (tertiary/aromatic N) is 1. The highest BCUT2D eigenvalue weighted by atomic mass is 32.2. The van der Waals surface area contributed by atoms with Gasteiger partial charge in [-0.1, -0.05) is 116 Å². The third-order valence-corrected chi connectivity index (χ3v) is 13.0. The Kier molecular flexibility index (Phi) is 9.82. The first-order chi connectivity index (χ1) is 26.4. The molecular formula is C45H47N3O5S. The van der Waals surface area contributed by atoms with Crippen LogP contribution in [0.1, 0.15) is 74.5 Å². The van der Waals surface area contributed by atoms with E-state index in [0.29, 0.717) is 11.0 Å². The molecule has 0 spiro atoms. The van der Waals surface area contributed by atoms with Crippen molar-refractivity contribution in [3.8, 4) is 22.6 Å². The lowest BCUT2D eigenvalue weighted by molar-refractivity contribution is -0.268. The quantitative estimate of drug-likeness (QED) is 0.122. The van der Waals surface area contributed by atoms with Crippen molar-refractivity contribution in [3.05, 3.63) is 126 Å². The van der Waals surface area contributed by atoms with Gasteiger partial charge < -0.3 is 29.6 Å². The van der Waals surface area contributed by atoms with Crippen LogP contribution in [0.3, 0.4) is 0 Å². The molecule has 1 aromatic heterocycles. The number of hydrogen-bond acceptors (Lipinski definition) is 7. The van der Waals surface area contributed by atoms with Crippen molar-refractivity contribution < 1.29 is 23.8 Å². The van der Waals surface area contributed by atoms with E-state index < -0.39 is 6.29 Å². The highest BCUT2D eigenvalue weighted by Crippen LogP contribution is 2.55. The van der Waals surface area contributed by atoms with Gasteiger partial charge >= 0.3 is 6.03 Å². The fourth-order valence-corrected chi connectivity index (χ4v) is 10.8. The Balaban J connectivity index is 0.924. The van der Waals surface area contributed by atoms with Crippen LogP contribution in [-0.4, -0.2) is 33.5 Å². The monoisotopic (exact) mass is 741 g/mol. The zero-order valence-corrected chi connectivity index (χ0v) is 31.3. The van der Waals surface area contributed by atoms with E-state index >= 15 is 0 Å². The highest BCUT2D eigenvalue weighted by molar-refractivity contribution is 7.99. The number of aliphatic hydroxyl groups is 1. The third kappa shape index (κ3) is 7.35. The Morgan fingerprint density at radius 2 is 1.41 bits per heavy atom. The predicted molar refractivity (Wildman–Crippen MR) is 211 cm³/mol. The summed E-state index contributed by atoms with van der Waals surface area (Å²) in [4.78, 5) is 18.3. The molecule has 5 aromatic rings. The molecule has 54 heavy (non-hydrogen) atoms. The third-order valence-electron chi connectivity index (χ3n) is 12.0. The first kappa shape index (κ1) is 35.3. The molecule has 4 saturated carbocycles. The maximum absolute atomic E-state index is 13.3. The molecule has 0 unspecified atom stereocenters. The van der Waals surface area contributed by atoms with Crippen LogP contribution in [0.2, 0.25) is 0 Å². The minimum atomic E-state index is -0.631. The van der Waals surface area contributed by atoms with E-state index in [1.807, 2.05) is 97.1 Å². The summed E-state index contributed by atoms with van der Waals surface area (Å²) in [5.41, 5.74) is 6.22. The molecule has 5 aliphatic rings. The smallest absolute Gasteiger partial charge is 0.319 e. The van der Waals surface area contributed by atoms with Crippen molar-refractivity contribution in [2.45, 2.75) is 81.3 Å². The second kappa shape index (κ2) is 15.0. The molecule has 10 rings (SSSR count). The number of carbonyl (C=O) groups is 1. The van der Waals surface area contributed by atoms with Gasteiger partial charge in [0.25, 0.3) is 5.22 Å². The Morgan fingerprint density at radius 3 is 2.04 bits per heavy atom. The predicted octanol–water partition coefficient (Wildman–Crippen LogP) is 10.2. The van der Waals surface area contributed by atoms with Gasteiger partial charge in [-0.05, 0) is 79.5 Å². The van der Waals surface area contributed by atoms with Gasteiger partial charge in [0.1, 0.15) is 5.69 Å². The maximum Gasteiger partial charge on any atom is 0.319 e. The van der Waals surface area contributed by atoms with Gasteiger partial charge in [0, 0.05) is 39.6 Å². The Hall–Kier alpha value is -4.41. The summed E-state index contributed by atoms with van der Waals surface area (Å²) >= 11 is 1.54. The van der Waals surface area contributed by atoms with Crippen molar-refractivity contribution in [1.82, 2.24) is 10.3 Å². The highest BCUT2D eigenvalue weighted by Gasteiger charge is 2.51. The van der Waals surface area contributed by atoms with Crippen LogP contribution in [0.25, 0.3) is 22.6 Å². The Labute approximate surface area is 321 Å². The number of aromatic nitrogens is 1. The van der Waals surface area contributed by atoms with E-state index in [1.54, 1.807) is 11.8 Å². The van der Waals surface area contributed by atoms with Gasteiger partial charge in [-0.2, -0.15) is 0 Å². The summed E-state index contributed by atoms with van der Waals surface area (Å²) in [6.07, 6.45) is 6.27. The number of rotatable bonds is 10. The summed E-state index contributed by atoms with van der Waals surface area (Å²) in [6.45, 7) is 2.14. The molecule has 4 aromatic carbocycles. The maximum atomic E-state index is 13.3. The largest absolute Gasteiger partial charge is 0.431 e. The molecule has 3 N–H and O–H groups in total. The van der Waals surface area contributed by atoms with E-state index in [2.05, 4.69) is 29.7 Å². The Morgan fingerprint density at radius 1 is 0.796 bits per heavy atom. The number of thioether (sulfide) groups is 1. The van der Waals surface area contributed by atoms with Gasteiger partial charge in [-0.25, -0.2) is 9.78 Å². The summed E-state index contributed by atoms with van der Waals surface area (Å²) in [5.74, 6) is 3.63. The number of anilines is 1. The number of amides is 2. The first-order valence-electron chi connectivity index (χ1n) is 19.3. The average molecular weight is 742 g/mol. The topological polar surface area (TPSA) is 106 Å². The van der Waals surface area contributed by atoms with Crippen molar-refractivity contribution in [2.24, 2.45) is 23.7 Å². The number of hydrogen-bond donors (Lipinski definition) is 3. The van der Waals surface area contributed by atoms with Gasteiger partial charge in [-0.15, -0.1) is 0 Å². The molecule has 2 heterocycles. The lowest BCUT2D eigenvalue weighted by atomic mass is 9.53. The number of oxazole rings is 1. The summed E-state index contributed by atoms with van der Waals surface area (Å²) < 4.78 is 19.9. The lowest BCUT2D eigenvalue weighted by Crippen LogP contribution is -2.60. The zero-order valence-electron chi connectivity index (χ0n) is 30.5. The van der Waals surface area contributed by atoms with Crippen LogP contribution < -0.4 is 10.6 Å². The van der Waals surface area contributed by atoms with Crippen LogP contribution in [0.4, 0.5) is 10.5 Å². The molecule has 4 bridgehead atoms. The van der Waals surface area contributed by atoms with Crippen molar-refractivity contribution in [2.75, 3.05) is 11.1 Å². The molecule has 2 amide bonds. The van der Waals surface area contributed by atoms with E-state index in [-0.39, 0.29) is 36.3 Å². The van der Waals surface area contributed by atoms with E-state index in [4.69, 9.17) is 18.9 Å². The number of ether oxygens (including phenoxy) is 2. The van der Waals surface area contributed by atoms with Gasteiger partial charge in [0.15, 0.2) is 12.1 Å². The summed E-state index contributed by atoms with van der Waals surface area (Å²) in [7, 11) is 0. The van der Waals surface area contributed by atoms with Crippen LogP contribution in [0, 0.1) is 23.7 Å². The lowest BCUT2D eigenvalue weighted by Gasteiger charge is -2.56. The molecule has 0 radical (unpaired) electrons. The van der Waals surface area contributed by atoms with Crippen LogP contribution >= 0.6 is 11.8 Å². The first-order valence-corrected chi connectivity index (χ1v) is 20.3. The average Bonchev–Trinajstić information content (AvgIpc) is 3.62. The van der Waals surface area contributed by atoms with Crippen molar-refractivity contribution in [3.63, 3.8) is 0 Å².